The van der Waals surface area contributed by atoms with Crippen LogP contribution in [0.2, 0.25) is 0 Å². The van der Waals surface area contributed by atoms with Crippen LogP contribution in [0.5, 0.6) is 0 Å². The van der Waals surface area contributed by atoms with Gasteiger partial charge in [-0.25, -0.2) is 0 Å². The van der Waals surface area contributed by atoms with E-state index in [4.69, 9.17) is 10.2 Å². The summed E-state index contributed by atoms with van der Waals surface area (Å²) < 4.78 is 0. The Morgan fingerprint density at radius 3 is 2.36 bits per heavy atom. The van der Waals surface area contributed by atoms with Crippen LogP contribution in [-0.4, -0.2) is 46.1 Å². The van der Waals surface area contributed by atoms with E-state index >= 15 is 0 Å². The van der Waals surface area contributed by atoms with Crippen LogP contribution in [0, 0.1) is 0 Å². The SMILES string of the molecule is CC(=O)N[C@@H](CO)[C@H](O)/C=C/C(C)O. The topological polar surface area (TPSA) is 89.8 Å². The molecule has 0 saturated carbocycles. The highest BCUT2D eigenvalue weighted by Crippen LogP contribution is 1.96. The van der Waals surface area contributed by atoms with E-state index in [2.05, 4.69) is 5.32 Å². The van der Waals surface area contributed by atoms with Crippen LogP contribution in [0.25, 0.3) is 0 Å². The summed E-state index contributed by atoms with van der Waals surface area (Å²) in [5.74, 6) is -0.325. The molecule has 0 rings (SSSR count). The molecule has 0 aromatic heterocycles. The molecule has 0 aliphatic carbocycles. The van der Waals surface area contributed by atoms with Crippen molar-refractivity contribution in [2.45, 2.75) is 32.1 Å². The van der Waals surface area contributed by atoms with Crippen molar-refractivity contribution in [1.29, 1.82) is 0 Å². The minimum absolute atomic E-state index is 0.325. The van der Waals surface area contributed by atoms with Gasteiger partial charge in [0.2, 0.25) is 5.91 Å². The van der Waals surface area contributed by atoms with Gasteiger partial charge in [0.25, 0.3) is 0 Å². The summed E-state index contributed by atoms with van der Waals surface area (Å²) in [6, 6.07) is -0.734. The third kappa shape index (κ3) is 5.69. The highest BCUT2D eigenvalue weighted by Gasteiger charge is 2.16. The first-order valence-corrected chi connectivity index (χ1v) is 4.39. The summed E-state index contributed by atoms with van der Waals surface area (Å²) in [7, 11) is 0. The summed E-state index contributed by atoms with van der Waals surface area (Å²) in [6.45, 7) is 2.48. The molecule has 0 aromatic carbocycles. The average molecular weight is 203 g/mol. The van der Waals surface area contributed by atoms with Crippen molar-refractivity contribution in [3.63, 3.8) is 0 Å². The summed E-state index contributed by atoms with van der Waals surface area (Å²) in [5, 5.41) is 29.5. The van der Waals surface area contributed by atoms with Crippen molar-refractivity contribution in [2.75, 3.05) is 6.61 Å². The first-order valence-electron chi connectivity index (χ1n) is 4.39. The molecule has 5 heteroatoms. The quantitative estimate of drug-likeness (QED) is 0.422. The van der Waals surface area contributed by atoms with E-state index in [9.17, 15) is 9.90 Å². The van der Waals surface area contributed by atoms with Gasteiger partial charge in [0, 0.05) is 6.92 Å². The first kappa shape index (κ1) is 13.1. The van der Waals surface area contributed by atoms with E-state index in [0.29, 0.717) is 0 Å². The summed E-state index contributed by atoms with van der Waals surface area (Å²) in [4.78, 5) is 10.6. The lowest BCUT2D eigenvalue weighted by atomic mass is 10.1. The normalized spacial score (nSPS) is 17.8. The van der Waals surface area contributed by atoms with Gasteiger partial charge in [-0.1, -0.05) is 12.2 Å². The molecular weight excluding hydrogens is 186 g/mol. The minimum atomic E-state index is -1.00. The second-order valence-corrected chi connectivity index (χ2v) is 3.11. The highest BCUT2D eigenvalue weighted by atomic mass is 16.3. The molecule has 1 unspecified atom stereocenters. The Balaban J connectivity index is 4.16. The summed E-state index contributed by atoms with van der Waals surface area (Å²) in [6.07, 6.45) is 1.05. The standard InChI is InChI=1S/C9H17NO4/c1-6(12)3-4-9(14)8(5-11)10-7(2)13/h3-4,6,8-9,11-12,14H,5H2,1-2H3,(H,10,13)/b4-3+/t6?,8-,9+/m0/s1. The van der Waals surface area contributed by atoms with Crippen LogP contribution in [0.3, 0.4) is 0 Å². The zero-order chi connectivity index (χ0) is 11.1. The molecule has 4 N–H and O–H groups in total. The van der Waals surface area contributed by atoms with E-state index in [-0.39, 0.29) is 12.5 Å². The Bertz CT molecular complexity index is 203. The number of hydrogen-bond donors (Lipinski definition) is 4. The maximum Gasteiger partial charge on any atom is 0.217 e. The molecule has 0 fully saturated rings. The van der Waals surface area contributed by atoms with E-state index in [1.54, 1.807) is 0 Å². The fraction of sp³-hybridized carbons (Fsp3) is 0.667. The molecule has 3 atom stereocenters. The number of aliphatic hydroxyl groups is 3. The monoisotopic (exact) mass is 203 g/mol. The largest absolute Gasteiger partial charge is 0.394 e. The predicted octanol–water partition coefficient (Wildman–Crippen LogP) is -1.22. The second-order valence-electron chi connectivity index (χ2n) is 3.11. The first-order chi connectivity index (χ1) is 6.47. The lowest BCUT2D eigenvalue weighted by molar-refractivity contribution is -0.120. The van der Waals surface area contributed by atoms with E-state index in [0.717, 1.165) is 0 Å². The van der Waals surface area contributed by atoms with Crippen molar-refractivity contribution in [1.82, 2.24) is 5.32 Å². The number of nitrogens with one attached hydrogen (secondary N) is 1. The van der Waals surface area contributed by atoms with Crippen molar-refractivity contribution in [3.05, 3.63) is 12.2 Å². The smallest absolute Gasteiger partial charge is 0.217 e. The van der Waals surface area contributed by atoms with Gasteiger partial charge >= 0.3 is 0 Å². The van der Waals surface area contributed by atoms with Gasteiger partial charge in [0.1, 0.15) is 0 Å². The predicted molar refractivity (Wildman–Crippen MR) is 51.5 cm³/mol. The van der Waals surface area contributed by atoms with Crippen molar-refractivity contribution in [3.8, 4) is 0 Å². The third-order valence-corrected chi connectivity index (χ3v) is 1.58. The maximum absolute atomic E-state index is 10.6. The molecule has 0 aliphatic rings. The van der Waals surface area contributed by atoms with Gasteiger partial charge in [0.15, 0.2) is 0 Å². The zero-order valence-electron chi connectivity index (χ0n) is 8.34. The van der Waals surface area contributed by atoms with Gasteiger partial charge in [-0.3, -0.25) is 4.79 Å². The molecule has 0 bridgehead atoms. The van der Waals surface area contributed by atoms with Gasteiger partial charge in [-0.15, -0.1) is 0 Å². The van der Waals surface area contributed by atoms with Crippen LogP contribution in [0.15, 0.2) is 12.2 Å². The number of hydrogen-bond acceptors (Lipinski definition) is 4. The number of carbonyl (C=O) groups is 1. The maximum atomic E-state index is 10.6. The fourth-order valence-corrected chi connectivity index (χ4v) is 0.909. The Labute approximate surface area is 83.1 Å². The Kier molecular flexibility index (Phi) is 6.11. The minimum Gasteiger partial charge on any atom is -0.394 e. The summed E-state index contributed by atoms with van der Waals surface area (Å²) in [5.41, 5.74) is 0. The Hall–Kier alpha value is -0.910. The van der Waals surface area contributed by atoms with E-state index in [1.807, 2.05) is 0 Å². The van der Waals surface area contributed by atoms with Gasteiger partial charge in [-0.2, -0.15) is 0 Å². The van der Waals surface area contributed by atoms with Crippen LogP contribution >= 0.6 is 0 Å². The van der Waals surface area contributed by atoms with Crippen LogP contribution in [-0.2, 0) is 4.79 Å². The van der Waals surface area contributed by atoms with Crippen molar-refractivity contribution >= 4 is 5.91 Å². The Morgan fingerprint density at radius 1 is 1.43 bits per heavy atom. The number of aliphatic hydroxyl groups excluding tert-OH is 3. The molecule has 5 nitrogen and oxygen atoms in total. The zero-order valence-corrected chi connectivity index (χ0v) is 8.34. The molecule has 0 spiro atoms. The molecule has 14 heavy (non-hydrogen) atoms. The molecule has 1 amide bonds. The lowest BCUT2D eigenvalue weighted by Crippen LogP contribution is -2.44. The Morgan fingerprint density at radius 2 is 2.00 bits per heavy atom. The van der Waals surface area contributed by atoms with E-state index in [1.165, 1.54) is 26.0 Å². The number of carbonyl (C=O) groups excluding carboxylic acids is 1. The van der Waals surface area contributed by atoms with Gasteiger partial charge in [-0.05, 0) is 6.92 Å². The molecule has 0 heterocycles. The van der Waals surface area contributed by atoms with Crippen LogP contribution < -0.4 is 5.32 Å². The molecule has 82 valence electrons. The lowest BCUT2D eigenvalue weighted by Gasteiger charge is -2.18. The highest BCUT2D eigenvalue weighted by molar-refractivity contribution is 5.73. The van der Waals surface area contributed by atoms with Crippen molar-refractivity contribution in [2.24, 2.45) is 0 Å². The summed E-state index contributed by atoms with van der Waals surface area (Å²) >= 11 is 0. The number of amides is 1. The van der Waals surface area contributed by atoms with Gasteiger partial charge < -0.3 is 20.6 Å². The molecule has 0 radical (unpaired) electrons. The second kappa shape index (κ2) is 6.53. The number of rotatable bonds is 5. The molecule has 0 aromatic rings. The fourth-order valence-electron chi connectivity index (χ4n) is 0.909. The van der Waals surface area contributed by atoms with E-state index < -0.39 is 18.2 Å². The van der Waals surface area contributed by atoms with Crippen LogP contribution in [0.4, 0.5) is 0 Å². The van der Waals surface area contributed by atoms with Gasteiger partial charge in [0.05, 0.1) is 24.9 Å². The molecule has 0 saturated heterocycles. The molecule has 0 aliphatic heterocycles. The van der Waals surface area contributed by atoms with Crippen molar-refractivity contribution < 1.29 is 20.1 Å². The van der Waals surface area contributed by atoms with Crippen LogP contribution in [0.1, 0.15) is 13.8 Å². The third-order valence-electron chi connectivity index (χ3n) is 1.58. The molecular formula is C9H17NO4. The average Bonchev–Trinajstić information content (AvgIpc) is 2.09.